The van der Waals surface area contributed by atoms with Gasteiger partial charge >= 0.3 is 5.97 Å². The van der Waals surface area contributed by atoms with Crippen LogP contribution in [0.5, 0.6) is 5.75 Å². The van der Waals surface area contributed by atoms with Gasteiger partial charge in [0.1, 0.15) is 11.4 Å². The minimum absolute atomic E-state index is 0.173. The Labute approximate surface area is 190 Å². The number of esters is 1. The molecule has 0 radical (unpaired) electrons. The number of nitrogens with one attached hydrogen (secondary N) is 2. The second-order valence-corrected chi connectivity index (χ2v) is 6.60. The summed E-state index contributed by atoms with van der Waals surface area (Å²) in [5, 5.41) is 6.19. The average Bonchev–Trinajstić information content (AvgIpc) is 2.85. The highest BCUT2D eigenvalue weighted by molar-refractivity contribution is 5.96. The van der Waals surface area contributed by atoms with E-state index in [2.05, 4.69) is 35.6 Å². The highest BCUT2D eigenvalue weighted by Crippen LogP contribution is 2.36. The number of para-hydroxylation sites is 1. The Morgan fingerprint density at radius 1 is 0.939 bits per heavy atom. The quantitative estimate of drug-likeness (QED) is 0.386. The monoisotopic (exact) mass is 443 g/mol. The summed E-state index contributed by atoms with van der Waals surface area (Å²) in [4.78, 5) is 34.1. The number of carbonyl (C=O) groups excluding carboxylic acids is 1. The van der Waals surface area contributed by atoms with Crippen LogP contribution >= 0.6 is 0 Å². The molecule has 10 heteroatoms. The van der Waals surface area contributed by atoms with Crippen molar-refractivity contribution < 1.29 is 14.3 Å². The number of carbonyl (C=O) groups is 1. The first kappa shape index (κ1) is 21.6. The van der Waals surface area contributed by atoms with Crippen molar-refractivity contribution in [1.29, 1.82) is 0 Å². The molecule has 0 aliphatic carbocycles. The lowest BCUT2D eigenvalue weighted by Crippen LogP contribution is -2.12. The van der Waals surface area contributed by atoms with E-state index >= 15 is 0 Å². The minimum atomic E-state index is -0.550. The first-order chi connectivity index (χ1) is 16.2. The van der Waals surface area contributed by atoms with E-state index in [4.69, 9.17) is 9.47 Å². The first-order valence-electron chi connectivity index (χ1n) is 10.1. The van der Waals surface area contributed by atoms with Crippen LogP contribution < -0.4 is 15.4 Å². The molecule has 0 saturated heterocycles. The Morgan fingerprint density at radius 3 is 2.48 bits per heavy atom. The molecule has 2 N–H and O–H groups in total. The maximum absolute atomic E-state index is 12.5. The van der Waals surface area contributed by atoms with Crippen LogP contribution in [0.15, 0.2) is 67.3 Å². The Kier molecular flexibility index (Phi) is 6.64. The summed E-state index contributed by atoms with van der Waals surface area (Å²) in [6, 6.07) is 12.6. The van der Waals surface area contributed by atoms with Crippen LogP contribution in [0.2, 0.25) is 0 Å². The van der Waals surface area contributed by atoms with Gasteiger partial charge in [0.05, 0.1) is 25.0 Å². The summed E-state index contributed by atoms with van der Waals surface area (Å²) in [5.41, 5.74) is 1.42. The van der Waals surface area contributed by atoms with Crippen molar-refractivity contribution in [3.63, 3.8) is 0 Å². The predicted octanol–water partition coefficient (Wildman–Crippen LogP) is 4.00. The van der Waals surface area contributed by atoms with E-state index in [9.17, 15) is 4.79 Å². The third kappa shape index (κ3) is 5.01. The van der Waals surface area contributed by atoms with E-state index in [0.717, 1.165) is 0 Å². The van der Waals surface area contributed by atoms with Crippen LogP contribution in [-0.2, 0) is 4.74 Å². The zero-order valence-electron chi connectivity index (χ0n) is 18.0. The lowest BCUT2D eigenvalue weighted by atomic mass is 10.1. The lowest BCUT2D eigenvalue weighted by molar-refractivity contribution is 0.0526. The third-order valence-corrected chi connectivity index (χ3v) is 4.47. The molecule has 4 aromatic rings. The lowest BCUT2D eigenvalue weighted by Gasteiger charge is -2.16. The van der Waals surface area contributed by atoms with Crippen molar-refractivity contribution in [2.75, 3.05) is 24.4 Å². The van der Waals surface area contributed by atoms with Crippen molar-refractivity contribution in [2.24, 2.45) is 0 Å². The van der Waals surface area contributed by atoms with Gasteiger partial charge in [-0.15, -0.1) is 0 Å². The fourth-order valence-electron chi connectivity index (χ4n) is 3.04. The molecule has 33 heavy (non-hydrogen) atoms. The van der Waals surface area contributed by atoms with Gasteiger partial charge < -0.3 is 20.1 Å². The second kappa shape index (κ2) is 10.1. The molecule has 0 aliphatic heterocycles. The summed E-state index contributed by atoms with van der Waals surface area (Å²) >= 11 is 0. The zero-order valence-corrected chi connectivity index (χ0v) is 18.0. The van der Waals surface area contributed by atoms with Crippen molar-refractivity contribution in [3.8, 4) is 17.1 Å². The Morgan fingerprint density at radius 2 is 1.76 bits per heavy atom. The first-order valence-corrected chi connectivity index (χ1v) is 10.1. The molecule has 0 saturated carbocycles. The molecule has 0 spiro atoms. The maximum atomic E-state index is 12.5. The van der Waals surface area contributed by atoms with E-state index in [1.165, 1.54) is 6.20 Å². The Hall–Kier alpha value is -4.60. The Bertz CT molecular complexity index is 1240. The standard InChI is InChI=1S/C23H21N7O3/c1-3-33-22(31)16-14-27-23(29-18-10-4-5-11-24-18)30-21(16)28-17-9-6-8-15(19(17)32-2)20-25-12-7-13-26-20/h4-14H,3H2,1-2H3,(H2,24,27,28,29,30). The molecule has 0 aliphatic rings. The van der Waals surface area contributed by atoms with Gasteiger partial charge in [0.25, 0.3) is 0 Å². The second-order valence-electron chi connectivity index (χ2n) is 6.60. The minimum Gasteiger partial charge on any atom is -0.494 e. The van der Waals surface area contributed by atoms with Crippen LogP contribution in [0.4, 0.5) is 23.3 Å². The van der Waals surface area contributed by atoms with E-state index in [-0.39, 0.29) is 23.9 Å². The van der Waals surface area contributed by atoms with Gasteiger partial charge in [-0.1, -0.05) is 12.1 Å². The number of rotatable bonds is 8. The number of methoxy groups -OCH3 is 1. The average molecular weight is 443 g/mol. The smallest absolute Gasteiger partial charge is 0.343 e. The van der Waals surface area contributed by atoms with Gasteiger partial charge in [0, 0.05) is 24.8 Å². The Balaban J connectivity index is 1.74. The van der Waals surface area contributed by atoms with E-state index in [1.54, 1.807) is 56.9 Å². The number of hydrogen-bond donors (Lipinski definition) is 2. The van der Waals surface area contributed by atoms with Gasteiger partial charge in [-0.25, -0.2) is 24.7 Å². The topological polar surface area (TPSA) is 124 Å². The molecule has 1 aromatic carbocycles. The number of benzene rings is 1. The van der Waals surface area contributed by atoms with Crippen LogP contribution in [-0.4, -0.2) is 44.6 Å². The SMILES string of the molecule is CCOC(=O)c1cnc(Nc2ccccn2)nc1Nc1cccc(-c2ncccn2)c1OC. The molecule has 0 fully saturated rings. The highest BCUT2D eigenvalue weighted by Gasteiger charge is 2.19. The zero-order chi connectivity index (χ0) is 23.0. The summed E-state index contributed by atoms with van der Waals surface area (Å²) in [5.74, 6) is 1.51. The molecular formula is C23H21N7O3. The maximum Gasteiger partial charge on any atom is 0.343 e. The molecule has 0 atom stereocenters. The van der Waals surface area contributed by atoms with Crippen LogP contribution in [0.1, 0.15) is 17.3 Å². The van der Waals surface area contributed by atoms with Crippen LogP contribution in [0, 0.1) is 0 Å². The van der Waals surface area contributed by atoms with Gasteiger partial charge in [0.2, 0.25) is 5.95 Å². The van der Waals surface area contributed by atoms with Crippen molar-refractivity contribution in [3.05, 3.63) is 72.8 Å². The normalized spacial score (nSPS) is 10.4. The summed E-state index contributed by atoms with van der Waals surface area (Å²) in [7, 11) is 1.55. The largest absolute Gasteiger partial charge is 0.494 e. The fraction of sp³-hybridized carbons (Fsp3) is 0.130. The summed E-state index contributed by atoms with van der Waals surface area (Å²) < 4.78 is 10.8. The molecule has 3 aromatic heterocycles. The highest BCUT2D eigenvalue weighted by atomic mass is 16.5. The van der Waals surface area contributed by atoms with Crippen molar-refractivity contribution in [2.45, 2.75) is 6.92 Å². The van der Waals surface area contributed by atoms with Crippen LogP contribution in [0.25, 0.3) is 11.4 Å². The summed E-state index contributed by atoms with van der Waals surface area (Å²) in [6.07, 6.45) is 6.35. The molecular weight excluding hydrogens is 422 g/mol. The molecule has 0 amide bonds. The number of hydrogen-bond acceptors (Lipinski definition) is 10. The van der Waals surface area contributed by atoms with Gasteiger partial charge in [-0.05, 0) is 37.3 Å². The molecule has 4 rings (SSSR count). The van der Waals surface area contributed by atoms with Gasteiger partial charge in [-0.2, -0.15) is 4.98 Å². The van der Waals surface area contributed by atoms with Crippen molar-refractivity contribution in [1.82, 2.24) is 24.9 Å². The molecule has 3 heterocycles. The van der Waals surface area contributed by atoms with Gasteiger partial charge in [0.15, 0.2) is 17.4 Å². The number of ether oxygens (including phenoxy) is 2. The third-order valence-electron chi connectivity index (χ3n) is 4.47. The van der Waals surface area contributed by atoms with E-state index < -0.39 is 5.97 Å². The number of nitrogens with zero attached hydrogens (tertiary/aromatic N) is 5. The van der Waals surface area contributed by atoms with E-state index in [1.807, 2.05) is 18.2 Å². The molecule has 0 unspecified atom stereocenters. The fourth-order valence-corrected chi connectivity index (χ4v) is 3.04. The number of aromatic nitrogens is 5. The number of anilines is 4. The predicted molar refractivity (Wildman–Crippen MR) is 123 cm³/mol. The van der Waals surface area contributed by atoms with Gasteiger partial charge in [-0.3, -0.25) is 0 Å². The molecule has 10 nitrogen and oxygen atoms in total. The molecule has 166 valence electrons. The summed E-state index contributed by atoms with van der Waals surface area (Å²) in [6.45, 7) is 1.95. The molecule has 0 bridgehead atoms. The van der Waals surface area contributed by atoms with Crippen molar-refractivity contribution >= 4 is 29.2 Å². The van der Waals surface area contributed by atoms with E-state index in [0.29, 0.717) is 28.6 Å². The van der Waals surface area contributed by atoms with Crippen LogP contribution in [0.3, 0.4) is 0 Å². The number of pyridine rings is 1.